The molecule has 0 spiro atoms. The molecule has 0 saturated carbocycles. The molecule has 0 amide bonds. The van der Waals surface area contributed by atoms with E-state index < -0.39 is 5.82 Å². The highest BCUT2D eigenvalue weighted by atomic mass is 19.1. The number of benzene rings is 1. The fraction of sp³-hybridized carbons (Fsp3) is 0.417. The van der Waals surface area contributed by atoms with Gasteiger partial charge in [0.2, 0.25) is 0 Å². The third kappa shape index (κ3) is 2.79. The Balaban J connectivity index is 2.91. The zero-order valence-electron chi connectivity index (χ0n) is 9.50. The number of Topliss-reactive ketones (excluding diaryl/α,β-unsaturated/α-hetero) is 1. The fourth-order valence-corrected chi connectivity index (χ4v) is 1.47. The smallest absolute Gasteiger partial charge is 0.168 e. The van der Waals surface area contributed by atoms with Gasteiger partial charge in [0.1, 0.15) is 11.6 Å². The maximum Gasteiger partial charge on any atom is 0.168 e. The summed E-state index contributed by atoms with van der Waals surface area (Å²) in [6, 6.07) is 4.23. The van der Waals surface area contributed by atoms with Crippen LogP contribution in [-0.2, 0) is 0 Å². The van der Waals surface area contributed by atoms with Gasteiger partial charge in [-0.2, -0.15) is 0 Å². The molecule has 0 aliphatic rings. The Morgan fingerprint density at radius 1 is 1.56 bits per heavy atom. The molecule has 0 aromatic heterocycles. The lowest BCUT2D eigenvalue weighted by Gasteiger charge is -2.10. The minimum Gasteiger partial charge on any atom is -0.497 e. The number of ether oxygens (including phenoxy) is 1. The van der Waals surface area contributed by atoms with Crippen LogP contribution in [0.4, 0.5) is 4.39 Å². The molecular weight excluding hydrogens is 209 g/mol. The molecule has 0 heterocycles. The first-order chi connectivity index (χ1) is 7.60. The van der Waals surface area contributed by atoms with Crippen molar-refractivity contribution in [3.63, 3.8) is 0 Å². The molecule has 0 fully saturated rings. The first-order valence-corrected chi connectivity index (χ1v) is 5.18. The largest absolute Gasteiger partial charge is 0.497 e. The van der Waals surface area contributed by atoms with E-state index in [0.29, 0.717) is 18.7 Å². The number of ketones is 1. The monoisotopic (exact) mass is 225 g/mol. The molecule has 1 rings (SSSR count). The zero-order valence-corrected chi connectivity index (χ0v) is 9.50. The van der Waals surface area contributed by atoms with Crippen molar-refractivity contribution in [1.29, 1.82) is 0 Å². The number of methoxy groups -OCH3 is 1. The SMILES string of the molecule is COc1ccc(C(=O)C(C)CCN)c(F)c1. The molecular formula is C12H16FNO2. The number of rotatable bonds is 5. The van der Waals surface area contributed by atoms with Gasteiger partial charge >= 0.3 is 0 Å². The van der Waals surface area contributed by atoms with Gasteiger partial charge in [-0.05, 0) is 25.1 Å². The molecule has 1 aromatic rings. The van der Waals surface area contributed by atoms with Crippen LogP contribution in [-0.4, -0.2) is 19.4 Å². The number of carbonyl (C=O) groups excluding carboxylic acids is 1. The molecule has 2 N–H and O–H groups in total. The van der Waals surface area contributed by atoms with E-state index in [4.69, 9.17) is 10.5 Å². The van der Waals surface area contributed by atoms with Crippen LogP contribution < -0.4 is 10.5 Å². The van der Waals surface area contributed by atoms with Crippen LogP contribution in [0, 0.1) is 11.7 Å². The average molecular weight is 225 g/mol. The second-order valence-electron chi connectivity index (χ2n) is 3.69. The maximum absolute atomic E-state index is 13.6. The van der Waals surface area contributed by atoms with Gasteiger partial charge in [-0.1, -0.05) is 6.92 Å². The summed E-state index contributed by atoms with van der Waals surface area (Å²) in [5.41, 5.74) is 5.46. The third-order valence-electron chi connectivity index (χ3n) is 2.49. The minimum atomic E-state index is -0.548. The molecule has 0 aliphatic carbocycles. The van der Waals surface area contributed by atoms with Crippen LogP contribution in [0.2, 0.25) is 0 Å². The van der Waals surface area contributed by atoms with E-state index in [-0.39, 0.29) is 17.3 Å². The first-order valence-electron chi connectivity index (χ1n) is 5.18. The fourth-order valence-electron chi connectivity index (χ4n) is 1.47. The maximum atomic E-state index is 13.6. The average Bonchev–Trinajstić information content (AvgIpc) is 2.28. The zero-order chi connectivity index (χ0) is 12.1. The van der Waals surface area contributed by atoms with E-state index in [9.17, 15) is 9.18 Å². The van der Waals surface area contributed by atoms with Crippen molar-refractivity contribution < 1.29 is 13.9 Å². The number of nitrogens with two attached hydrogens (primary N) is 1. The van der Waals surface area contributed by atoms with Crippen molar-refractivity contribution in [2.45, 2.75) is 13.3 Å². The predicted octanol–water partition coefficient (Wildman–Crippen LogP) is 2.00. The summed E-state index contributed by atoms with van der Waals surface area (Å²) in [6.45, 7) is 2.17. The van der Waals surface area contributed by atoms with Gasteiger partial charge in [0.25, 0.3) is 0 Å². The molecule has 16 heavy (non-hydrogen) atoms. The number of hydrogen-bond donors (Lipinski definition) is 1. The lowest BCUT2D eigenvalue weighted by molar-refractivity contribution is 0.0921. The van der Waals surface area contributed by atoms with E-state index in [0.717, 1.165) is 0 Å². The highest BCUT2D eigenvalue weighted by Crippen LogP contribution is 2.19. The van der Waals surface area contributed by atoms with E-state index >= 15 is 0 Å². The van der Waals surface area contributed by atoms with Crippen molar-refractivity contribution in [2.75, 3.05) is 13.7 Å². The molecule has 0 saturated heterocycles. The highest BCUT2D eigenvalue weighted by molar-refractivity contribution is 5.98. The van der Waals surface area contributed by atoms with Crippen LogP contribution in [0.1, 0.15) is 23.7 Å². The molecule has 1 unspecified atom stereocenters. The minimum absolute atomic E-state index is 0.0988. The summed E-state index contributed by atoms with van der Waals surface area (Å²) in [5, 5.41) is 0. The normalized spacial score (nSPS) is 12.2. The summed E-state index contributed by atoms with van der Waals surface area (Å²) in [5.74, 6) is -0.618. The molecule has 1 aromatic carbocycles. The van der Waals surface area contributed by atoms with E-state index in [1.165, 1.54) is 19.2 Å². The van der Waals surface area contributed by atoms with Crippen molar-refractivity contribution in [3.8, 4) is 5.75 Å². The summed E-state index contributed by atoms with van der Waals surface area (Å²) < 4.78 is 18.4. The van der Waals surface area contributed by atoms with Gasteiger partial charge in [-0.3, -0.25) is 4.79 Å². The molecule has 1 atom stereocenters. The Kier molecular flexibility index (Phi) is 4.43. The second-order valence-corrected chi connectivity index (χ2v) is 3.69. The highest BCUT2D eigenvalue weighted by Gasteiger charge is 2.18. The third-order valence-corrected chi connectivity index (χ3v) is 2.49. The van der Waals surface area contributed by atoms with Crippen molar-refractivity contribution >= 4 is 5.78 Å². The van der Waals surface area contributed by atoms with Crippen LogP contribution in [0.15, 0.2) is 18.2 Å². The summed E-state index contributed by atoms with van der Waals surface area (Å²) in [6.07, 6.45) is 0.560. The Bertz CT molecular complexity index is 379. The topological polar surface area (TPSA) is 52.3 Å². The van der Waals surface area contributed by atoms with Crippen LogP contribution in [0.25, 0.3) is 0 Å². The number of carbonyl (C=O) groups is 1. The Labute approximate surface area is 94.4 Å². The summed E-state index contributed by atoms with van der Waals surface area (Å²) >= 11 is 0. The quantitative estimate of drug-likeness (QED) is 0.780. The summed E-state index contributed by atoms with van der Waals surface area (Å²) in [7, 11) is 1.45. The van der Waals surface area contributed by atoms with Gasteiger partial charge in [0.15, 0.2) is 5.78 Å². The van der Waals surface area contributed by atoms with Crippen LogP contribution in [0.3, 0.4) is 0 Å². The second kappa shape index (κ2) is 5.61. The number of halogens is 1. The molecule has 0 aliphatic heterocycles. The first kappa shape index (κ1) is 12.6. The van der Waals surface area contributed by atoms with Gasteiger partial charge < -0.3 is 10.5 Å². The van der Waals surface area contributed by atoms with Crippen LogP contribution in [0.5, 0.6) is 5.75 Å². The lowest BCUT2D eigenvalue weighted by atomic mass is 9.96. The molecule has 88 valence electrons. The van der Waals surface area contributed by atoms with E-state index in [1.54, 1.807) is 13.0 Å². The van der Waals surface area contributed by atoms with Gasteiger partial charge in [-0.25, -0.2) is 4.39 Å². The molecule has 0 radical (unpaired) electrons. The van der Waals surface area contributed by atoms with E-state index in [1.807, 2.05) is 0 Å². The van der Waals surface area contributed by atoms with Crippen molar-refractivity contribution in [2.24, 2.45) is 11.7 Å². The van der Waals surface area contributed by atoms with Crippen molar-refractivity contribution in [3.05, 3.63) is 29.6 Å². The standard InChI is InChI=1S/C12H16FNO2/c1-8(5-6-14)12(15)10-4-3-9(16-2)7-11(10)13/h3-4,7-8H,5-6,14H2,1-2H3. The predicted molar refractivity (Wildman–Crippen MR) is 60.1 cm³/mol. The molecule has 3 nitrogen and oxygen atoms in total. The van der Waals surface area contributed by atoms with Gasteiger partial charge in [0.05, 0.1) is 12.7 Å². The molecule has 0 bridgehead atoms. The Morgan fingerprint density at radius 3 is 2.75 bits per heavy atom. The molecule has 4 heteroatoms. The lowest BCUT2D eigenvalue weighted by Crippen LogP contribution is -2.16. The van der Waals surface area contributed by atoms with Crippen molar-refractivity contribution in [1.82, 2.24) is 0 Å². The van der Waals surface area contributed by atoms with Gasteiger partial charge in [-0.15, -0.1) is 0 Å². The van der Waals surface area contributed by atoms with Gasteiger partial charge in [0, 0.05) is 12.0 Å². The van der Waals surface area contributed by atoms with E-state index in [2.05, 4.69) is 0 Å². The number of hydrogen-bond acceptors (Lipinski definition) is 3. The Hall–Kier alpha value is -1.42. The summed E-state index contributed by atoms with van der Waals surface area (Å²) in [4.78, 5) is 11.8. The van der Waals surface area contributed by atoms with Crippen LogP contribution >= 0.6 is 0 Å². The Morgan fingerprint density at radius 2 is 2.25 bits per heavy atom.